The van der Waals surface area contributed by atoms with E-state index < -0.39 is 11.4 Å². The van der Waals surface area contributed by atoms with Crippen LogP contribution < -0.4 is 5.56 Å². The lowest BCUT2D eigenvalue weighted by atomic mass is 10.1. The van der Waals surface area contributed by atoms with Crippen molar-refractivity contribution >= 4 is 22.7 Å². The minimum absolute atomic E-state index is 0.0781. The fraction of sp³-hybridized carbons (Fsp3) is 0.143. The van der Waals surface area contributed by atoms with Crippen molar-refractivity contribution in [2.45, 2.75) is 13.5 Å². The fourth-order valence-electron chi connectivity index (χ4n) is 2.67. The Morgan fingerprint density at radius 1 is 0.933 bits per heavy atom. The van der Waals surface area contributed by atoms with Gasteiger partial charge < -0.3 is 10.2 Å². The second-order valence-corrected chi connectivity index (χ2v) is 6.22. The van der Waals surface area contributed by atoms with Crippen molar-refractivity contribution in [1.82, 2.24) is 4.57 Å². The molecule has 0 aliphatic heterocycles. The van der Waals surface area contributed by atoms with Gasteiger partial charge in [0.05, 0.1) is 30.2 Å². The molecule has 0 fully saturated rings. The number of benzene rings is 2. The zero-order valence-corrected chi connectivity index (χ0v) is 16.1. The normalized spacial score (nSPS) is 11.2. The van der Waals surface area contributed by atoms with Crippen LogP contribution in [0.4, 0.5) is 22.7 Å². The van der Waals surface area contributed by atoms with E-state index in [2.05, 4.69) is 20.5 Å². The topological polar surface area (TPSA) is 136 Å². The quantitative estimate of drug-likeness (QED) is 0.584. The second-order valence-electron chi connectivity index (χ2n) is 6.22. The number of hydrogen-bond donors (Lipinski definition) is 2. The molecule has 2 aromatic carbocycles. The Balaban J connectivity index is 1.87. The van der Waals surface area contributed by atoms with E-state index in [1.165, 1.54) is 6.92 Å². The Hall–Kier alpha value is -4.16. The summed E-state index contributed by atoms with van der Waals surface area (Å²) in [7, 11) is 0. The van der Waals surface area contributed by atoms with E-state index in [9.17, 15) is 15.2 Å². The predicted octanol–water partition coefficient (Wildman–Crippen LogP) is 4.56. The highest BCUT2D eigenvalue weighted by molar-refractivity contribution is 5.57. The van der Waals surface area contributed by atoms with E-state index >= 15 is 0 Å². The smallest absolute Gasteiger partial charge is 0.281 e. The third kappa shape index (κ3) is 4.45. The van der Waals surface area contributed by atoms with Crippen molar-refractivity contribution in [3.63, 3.8) is 0 Å². The van der Waals surface area contributed by atoms with Crippen LogP contribution in [0.3, 0.4) is 0 Å². The van der Waals surface area contributed by atoms with Crippen molar-refractivity contribution in [2.75, 3.05) is 6.61 Å². The number of aliphatic hydroxyl groups excluding tert-OH is 1. The molecule has 3 aromatic rings. The molecule has 1 heterocycles. The predicted molar refractivity (Wildman–Crippen MR) is 110 cm³/mol. The van der Waals surface area contributed by atoms with Crippen LogP contribution in [0.1, 0.15) is 11.1 Å². The Bertz CT molecular complexity index is 1190. The molecule has 9 nitrogen and oxygen atoms in total. The third-order valence-electron chi connectivity index (χ3n) is 4.24. The second kappa shape index (κ2) is 9.36. The molecule has 2 N–H and O–H groups in total. The molecular formula is C21H18N6O3. The molecule has 0 atom stereocenters. The van der Waals surface area contributed by atoms with Gasteiger partial charge in [-0.25, -0.2) is 0 Å². The van der Waals surface area contributed by atoms with E-state index in [-0.39, 0.29) is 30.0 Å². The van der Waals surface area contributed by atoms with Gasteiger partial charge in [-0.15, -0.1) is 5.11 Å². The molecule has 0 spiro atoms. The van der Waals surface area contributed by atoms with Crippen molar-refractivity contribution in [2.24, 2.45) is 20.5 Å². The number of rotatable bonds is 6. The summed E-state index contributed by atoms with van der Waals surface area (Å²) < 4.78 is 0.896. The highest BCUT2D eigenvalue weighted by Crippen LogP contribution is 2.27. The number of azo groups is 2. The number of aliphatic hydroxyl groups is 1. The van der Waals surface area contributed by atoms with Crippen LogP contribution in [-0.4, -0.2) is 21.4 Å². The molecule has 150 valence electrons. The van der Waals surface area contributed by atoms with Crippen LogP contribution in [0, 0.1) is 18.3 Å². The third-order valence-corrected chi connectivity index (χ3v) is 4.24. The van der Waals surface area contributed by atoms with Crippen LogP contribution in [0.25, 0.3) is 0 Å². The summed E-state index contributed by atoms with van der Waals surface area (Å²) in [4.78, 5) is 12.6. The lowest BCUT2D eigenvalue weighted by Crippen LogP contribution is -2.23. The summed E-state index contributed by atoms with van der Waals surface area (Å²) in [6.45, 7) is 0.963. The van der Waals surface area contributed by atoms with Gasteiger partial charge in [0.1, 0.15) is 11.6 Å². The van der Waals surface area contributed by atoms with E-state index in [4.69, 9.17) is 5.11 Å². The molecule has 1 aromatic heterocycles. The number of nitriles is 1. The molecule has 0 aliphatic rings. The van der Waals surface area contributed by atoms with Crippen LogP contribution >= 0.6 is 0 Å². The van der Waals surface area contributed by atoms with Gasteiger partial charge in [-0.1, -0.05) is 18.2 Å². The zero-order chi connectivity index (χ0) is 21.5. The highest BCUT2D eigenvalue weighted by Gasteiger charge is 2.18. The first kappa shape index (κ1) is 20.6. The molecule has 0 bridgehead atoms. The number of nitrogens with zero attached hydrogens (tertiary/aromatic N) is 6. The Labute approximate surface area is 171 Å². The van der Waals surface area contributed by atoms with Crippen LogP contribution in [0.5, 0.6) is 5.88 Å². The average molecular weight is 402 g/mol. The van der Waals surface area contributed by atoms with Crippen LogP contribution in [-0.2, 0) is 6.54 Å². The first-order valence-electron chi connectivity index (χ1n) is 9.01. The van der Waals surface area contributed by atoms with Gasteiger partial charge in [0.25, 0.3) is 5.56 Å². The molecule has 0 aliphatic carbocycles. The van der Waals surface area contributed by atoms with Crippen molar-refractivity contribution in [1.29, 1.82) is 5.26 Å². The number of hydrogen-bond acceptors (Lipinski definition) is 8. The highest BCUT2D eigenvalue weighted by atomic mass is 16.3. The maximum atomic E-state index is 12.6. The molecule has 30 heavy (non-hydrogen) atoms. The minimum atomic E-state index is -0.643. The van der Waals surface area contributed by atoms with Crippen molar-refractivity contribution in [3.8, 4) is 11.9 Å². The largest absolute Gasteiger partial charge is 0.493 e. The molecule has 9 heteroatoms. The summed E-state index contributed by atoms with van der Waals surface area (Å²) in [5, 5.41) is 44.8. The summed E-state index contributed by atoms with van der Waals surface area (Å²) in [6, 6.07) is 17.9. The number of pyridine rings is 1. The summed E-state index contributed by atoms with van der Waals surface area (Å²) >= 11 is 0. The Morgan fingerprint density at radius 2 is 1.47 bits per heavy atom. The fourth-order valence-corrected chi connectivity index (χ4v) is 2.67. The SMILES string of the molecule is Cc1c(C#N)c(O)n(CCO)c(=O)c1N=Nc1ccc(N=Nc2ccccc2)cc1. The van der Waals surface area contributed by atoms with E-state index in [1.54, 1.807) is 24.3 Å². The Morgan fingerprint density at radius 3 is 2.00 bits per heavy atom. The monoisotopic (exact) mass is 402 g/mol. The maximum Gasteiger partial charge on any atom is 0.281 e. The lowest BCUT2D eigenvalue weighted by molar-refractivity contribution is 0.263. The van der Waals surface area contributed by atoms with Gasteiger partial charge in [0.2, 0.25) is 5.88 Å². The Kier molecular flexibility index (Phi) is 6.42. The molecule has 0 radical (unpaired) electrons. The first-order valence-corrected chi connectivity index (χ1v) is 9.01. The van der Waals surface area contributed by atoms with Crippen molar-refractivity contribution < 1.29 is 10.2 Å². The van der Waals surface area contributed by atoms with Gasteiger partial charge in [0.15, 0.2) is 5.69 Å². The zero-order valence-electron chi connectivity index (χ0n) is 16.1. The van der Waals surface area contributed by atoms with Gasteiger partial charge >= 0.3 is 0 Å². The first-order chi connectivity index (χ1) is 14.5. The van der Waals surface area contributed by atoms with Gasteiger partial charge in [-0.05, 0) is 43.3 Å². The average Bonchev–Trinajstić information content (AvgIpc) is 2.77. The molecule has 0 saturated carbocycles. The number of aromatic nitrogens is 1. The summed E-state index contributed by atoms with van der Waals surface area (Å²) in [5.74, 6) is -0.499. The lowest BCUT2D eigenvalue weighted by Gasteiger charge is -2.11. The van der Waals surface area contributed by atoms with Crippen LogP contribution in [0.15, 0.2) is 79.8 Å². The van der Waals surface area contributed by atoms with Crippen molar-refractivity contribution in [3.05, 3.63) is 76.1 Å². The number of aromatic hydroxyl groups is 1. The van der Waals surface area contributed by atoms with Gasteiger partial charge in [-0.2, -0.15) is 20.6 Å². The molecule has 0 saturated heterocycles. The van der Waals surface area contributed by atoms with E-state index in [1.807, 2.05) is 36.4 Å². The van der Waals surface area contributed by atoms with Gasteiger partial charge in [-0.3, -0.25) is 9.36 Å². The van der Waals surface area contributed by atoms with E-state index in [0.29, 0.717) is 11.4 Å². The molecular weight excluding hydrogens is 384 g/mol. The van der Waals surface area contributed by atoms with E-state index in [0.717, 1.165) is 10.3 Å². The molecule has 3 rings (SSSR count). The summed E-state index contributed by atoms with van der Waals surface area (Å²) in [6.07, 6.45) is 0. The molecule has 0 amide bonds. The van der Waals surface area contributed by atoms with Gasteiger partial charge in [0, 0.05) is 5.56 Å². The standard InChI is InChI=1S/C21H18N6O3/c1-14-18(13-22)20(29)27(11-12-28)21(30)19(14)26-25-17-9-7-16(8-10-17)24-23-15-5-3-2-4-6-15/h2-10,28-29H,11-12H2,1H3. The maximum absolute atomic E-state index is 12.6. The summed E-state index contributed by atoms with van der Waals surface area (Å²) in [5.41, 5.74) is 1.22. The molecule has 0 unspecified atom stereocenters. The minimum Gasteiger partial charge on any atom is -0.493 e. The van der Waals surface area contributed by atoms with Crippen LogP contribution in [0.2, 0.25) is 0 Å².